The fourth-order valence-electron chi connectivity index (χ4n) is 2.62. The molecule has 6 nitrogen and oxygen atoms in total. The van der Waals surface area contributed by atoms with Crippen LogP contribution in [0.3, 0.4) is 0 Å². The molecular weight excluding hydrogens is 292 g/mol. The lowest BCUT2D eigenvalue weighted by Crippen LogP contribution is -2.41. The fraction of sp³-hybridized carbons (Fsp3) is 0.500. The lowest BCUT2D eigenvalue weighted by atomic mass is 10.1. The molecule has 0 aromatic heterocycles. The maximum absolute atomic E-state index is 12.5. The van der Waals surface area contributed by atoms with Gasteiger partial charge in [-0.1, -0.05) is 0 Å². The van der Waals surface area contributed by atoms with Crippen molar-refractivity contribution in [3.8, 4) is 0 Å². The number of aryl methyl sites for hydroxylation is 1. The van der Waals surface area contributed by atoms with E-state index in [1.807, 2.05) is 6.92 Å². The first kappa shape index (κ1) is 15.9. The average Bonchev–Trinajstić information content (AvgIpc) is 2.81. The number of carbonyl (C=O) groups excluding carboxylic acids is 1. The number of hydrogen-bond acceptors (Lipinski definition) is 4. The standard InChI is InChI=1S/C14H20N2O4S/c1-9-6-11(8-12(7-9)21(15,18)19)14(17)16(3)13-4-5-20-10(13)2/h6-8,10,13H,4-5H2,1-3H3,(H2,15,18,19). The highest BCUT2D eigenvalue weighted by atomic mass is 32.2. The van der Waals surface area contributed by atoms with Crippen molar-refractivity contribution < 1.29 is 17.9 Å². The maximum atomic E-state index is 12.5. The van der Waals surface area contributed by atoms with Crippen LogP contribution in [0.5, 0.6) is 0 Å². The lowest BCUT2D eigenvalue weighted by molar-refractivity contribution is 0.0574. The second-order valence-corrected chi connectivity index (χ2v) is 6.99. The van der Waals surface area contributed by atoms with Crippen LogP contribution in [-0.4, -0.2) is 45.0 Å². The molecule has 0 bridgehead atoms. The van der Waals surface area contributed by atoms with E-state index in [1.54, 1.807) is 24.9 Å². The molecule has 1 fully saturated rings. The SMILES string of the molecule is Cc1cc(C(=O)N(C)C2CCOC2C)cc(S(N)(=O)=O)c1. The monoisotopic (exact) mass is 312 g/mol. The molecule has 1 aliphatic rings. The summed E-state index contributed by atoms with van der Waals surface area (Å²) >= 11 is 0. The number of likely N-dealkylation sites (N-methyl/N-ethyl adjacent to an activating group) is 1. The van der Waals surface area contributed by atoms with Gasteiger partial charge in [-0.15, -0.1) is 0 Å². The Balaban J connectivity index is 2.33. The zero-order valence-electron chi connectivity index (χ0n) is 12.4. The van der Waals surface area contributed by atoms with E-state index in [-0.39, 0.29) is 22.9 Å². The minimum absolute atomic E-state index is 0.00375. The molecule has 116 valence electrons. The molecule has 1 heterocycles. The summed E-state index contributed by atoms with van der Waals surface area (Å²) < 4.78 is 28.4. The molecule has 7 heteroatoms. The molecule has 21 heavy (non-hydrogen) atoms. The van der Waals surface area contributed by atoms with Crippen LogP contribution in [0.2, 0.25) is 0 Å². The van der Waals surface area contributed by atoms with Crippen LogP contribution in [0.15, 0.2) is 23.1 Å². The van der Waals surface area contributed by atoms with E-state index in [0.717, 1.165) is 6.42 Å². The highest BCUT2D eigenvalue weighted by Gasteiger charge is 2.31. The summed E-state index contributed by atoms with van der Waals surface area (Å²) in [5, 5.41) is 5.14. The number of amides is 1. The smallest absolute Gasteiger partial charge is 0.253 e. The number of nitrogens with zero attached hydrogens (tertiary/aromatic N) is 1. The van der Waals surface area contributed by atoms with Gasteiger partial charge >= 0.3 is 0 Å². The van der Waals surface area contributed by atoms with Gasteiger partial charge < -0.3 is 9.64 Å². The van der Waals surface area contributed by atoms with Crippen LogP contribution in [0, 0.1) is 6.92 Å². The summed E-state index contributed by atoms with van der Waals surface area (Å²) in [7, 11) is -2.13. The first-order chi connectivity index (χ1) is 9.70. The van der Waals surface area contributed by atoms with E-state index < -0.39 is 10.0 Å². The van der Waals surface area contributed by atoms with E-state index >= 15 is 0 Å². The number of sulfonamides is 1. The van der Waals surface area contributed by atoms with E-state index in [9.17, 15) is 13.2 Å². The molecule has 2 N–H and O–H groups in total. The van der Waals surface area contributed by atoms with Crippen LogP contribution in [-0.2, 0) is 14.8 Å². The second kappa shape index (κ2) is 5.75. The number of benzene rings is 1. The van der Waals surface area contributed by atoms with E-state index in [1.165, 1.54) is 12.1 Å². The molecular formula is C14H20N2O4S. The molecule has 1 amide bonds. The highest BCUT2D eigenvalue weighted by molar-refractivity contribution is 7.89. The van der Waals surface area contributed by atoms with Gasteiger partial charge in [0.2, 0.25) is 10.0 Å². The van der Waals surface area contributed by atoms with Crippen LogP contribution >= 0.6 is 0 Å². The third-order valence-corrected chi connectivity index (χ3v) is 4.67. The third-order valence-electron chi connectivity index (χ3n) is 3.78. The van der Waals surface area contributed by atoms with E-state index in [2.05, 4.69) is 0 Å². The van der Waals surface area contributed by atoms with Crippen molar-refractivity contribution in [3.05, 3.63) is 29.3 Å². The summed E-state index contributed by atoms with van der Waals surface area (Å²) in [4.78, 5) is 14.1. The zero-order chi connectivity index (χ0) is 15.8. The Bertz CT molecular complexity index is 657. The van der Waals surface area contributed by atoms with Crippen LogP contribution in [0.4, 0.5) is 0 Å². The Morgan fingerprint density at radius 3 is 2.57 bits per heavy atom. The van der Waals surface area contributed by atoms with Crippen LogP contribution in [0.1, 0.15) is 29.3 Å². The number of hydrogen-bond donors (Lipinski definition) is 1. The summed E-state index contributed by atoms with van der Waals surface area (Å²) in [5.41, 5.74) is 0.995. The minimum Gasteiger partial charge on any atom is -0.376 e. The van der Waals surface area contributed by atoms with Gasteiger partial charge in [0.05, 0.1) is 17.0 Å². The van der Waals surface area contributed by atoms with Crippen molar-refractivity contribution in [3.63, 3.8) is 0 Å². The van der Waals surface area contributed by atoms with Gasteiger partial charge in [-0.3, -0.25) is 4.79 Å². The van der Waals surface area contributed by atoms with Gasteiger partial charge in [0, 0.05) is 19.2 Å². The molecule has 0 aliphatic carbocycles. The normalized spacial score (nSPS) is 22.3. The molecule has 1 aliphatic heterocycles. The van der Waals surface area contributed by atoms with Gasteiger partial charge in [-0.2, -0.15) is 0 Å². The molecule has 2 rings (SSSR count). The van der Waals surface area contributed by atoms with Gasteiger partial charge in [-0.05, 0) is 44.0 Å². The van der Waals surface area contributed by atoms with Crippen molar-refractivity contribution in [2.75, 3.05) is 13.7 Å². The predicted molar refractivity (Wildman–Crippen MR) is 78.5 cm³/mol. The largest absolute Gasteiger partial charge is 0.376 e. The molecule has 1 aromatic carbocycles. The quantitative estimate of drug-likeness (QED) is 0.897. The van der Waals surface area contributed by atoms with E-state index in [0.29, 0.717) is 17.7 Å². The minimum atomic E-state index is -3.83. The summed E-state index contributed by atoms with van der Waals surface area (Å²) in [6, 6.07) is 4.43. The fourth-order valence-corrected chi connectivity index (χ4v) is 3.26. The molecule has 1 aromatic rings. The van der Waals surface area contributed by atoms with Crippen LogP contribution < -0.4 is 5.14 Å². The van der Waals surface area contributed by atoms with Gasteiger partial charge in [-0.25, -0.2) is 13.6 Å². The highest BCUT2D eigenvalue weighted by Crippen LogP contribution is 2.21. The zero-order valence-corrected chi connectivity index (χ0v) is 13.2. The lowest BCUT2D eigenvalue weighted by Gasteiger charge is -2.27. The number of rotatable bonds is 3. The molecule has 0 spiro atoms. The maximum Gasteiger partial charge on any atom is 0.253 e. The Kier molecular flexibility index (Phi) is 4.36. The first-order valence-corrected chi connectivity index (χ1v) is 8.28. The predicted octanol–water partition coefficient (Wildman–Crippen LogP) is 0.892. The molecule has 0 radical (unpaired) electrons. The summed E-state index contributed by atoms with van der Waals surface area (Å²) in [6.45, 7) is 4.28. The second-order valence-electron chi connectivity index (χ2n) is 5.43. The first-order valence-electron chi connectivity index (χ1n) is 6.73. The van der Waals surface area contributed by atoms with Crippen molar-refractivity contribution in [2.24, 2.45) is 5.14 Å². The Hall–Kier alpha value is -1.44. The number of ether oxygens (including phenoxy) is 1. The number of carbonyl (C=O) groups is 1. The molecule has 2 atom stereocenters. The summed E-state index contributed by atoms with van der Waals surface area (Å²) in [6.07, 6.45) is 0.749. The Morgan fingerprint density at radius 2 is 2.05 bits per heavy atom. The number of nitrogens with two attached hydrogens (primary N) is 1. The van der Waals surface area contributed by atoms with Gasteiger partial charge in [0.15, 0.2) is 0 Å². The topological polar surface area (TPSA) is 89.7 Å². The third kappa shape index (κ3) is 3.42. The van der Waals surface area contributed by atoms with E-state index in [4.69, 9.17) is 9.88 Å². The average molecular weight is 312 g/mol. The van der Waals surface area contributed by atoms with Crippen molar-refractivity contribution in [2.45, 2.75) is 37.3 Å². The molecule has 2 unspecified atom stereocenters. The van der Waals surface area contributed by atoms with Crippen molar-refractivity contribution in [1.82, 2.24) is 4.90 Å². The summed E-state index contributed by atoms with van der Waals surface area (Å²) in [5.74, 6) is -0.231. The number of primary sulfonamides is 1. The van der Waals surface area contributed by atoms with Crippen LogP contribution in [0.25, 0.3) is 0 Å². The van der Waals surface area contributed by atoms with Crippen molar-refractivity contribution in [1.29, 1.82) is 0 Å². The van der Waals surface area contributed by atoms with Gasteiger partial charge in [0.1, 0.15) is 0 Å². The Labute approximate surface area is 124 Å². The van der Waals surface area contributed by atoms with Gasteiger partial charge in [0.25, 0.3) is 5.91 Å². The molecule has 0 saturated carbocycles. The van der Waals surface area contributed by atoms with Crippen molar-refractivity contribution >= 4 is 15.9 Å². The Morgan fingerprint density at radius 1 is 1.38 bits per heavy atom. The molecule has 1 saturated heterocycles.